The molecule has 0 radical (unpaired) electrons. The van der Waals surface area contributed by atoms with E-state index in [4.69, 9.17) is 4.74 Å². The van der Waals surface area contributed by atoms with Gasteiger partial charge in [0.05, 0.1) is 18.7 Å². The van der Waals surface area contributed by atoms with Gasteiger partial charge in [-0.15, -0.1) is 0 Å². The van der Waals surface area contributed by atoms with Gasteiger partial charge in [0.25, 0.3) is 0 Å². The molecule has 1 atom stereocenters. The predicted octanol–water partition coefficient (Wildman–Crippen LogP) is 1.80. The van der Waals surface area contributed by atoms with Gasteiger partial charge in [0, 0.05) is 6.20 Å². The Labute approximate surface area is 113 Å². The normalized spacial score (nSPS) is 12.3. The van der Waals surface area contributed by atoms with Crippen molar-refractivity contribution in [3.05, 3.63) is 16.4 Å². The van der Waals surface area contributed by atoms with E-state index in [1.807, 2.05) is 13.8 Å². The van der Waals surface area contributed by atoms with E-state index in [2.05, 4.69) is 25.8 Å². The fraction of sp³-hybridized carbons (Fsp3) is 0.545. The highest BCUT2D eigenvalue weighted by Crippen LogP contribution is 2.23. The van der Waals surface area contributed by atoms with E-state index in [0.29, 0.717) is 4.47 Å². The zero-order valence-electron chi connectivity index (χ0n) is 10.6. The molecule has 0 amide bonds. The van der Waals surface area contributed by atoms with Gasteiger partial charge in [0.15, 0.2) is 11.7 Å². The Bertz CT molecular complexity index is 456. The van der Waals surface area contributed by atoms with E-state index in [0.717, 1.165) is 0 Å². The van der Waals surface area contributed by atoms with Crippen LogP contribution in [0.1, 0.15) is 30.4 Å². The zero-order valence-corrected chi connectivity index (χ0v) is 12.2. The summed E-state index contributed by atoms with van der Waals surface area (Å²) in [6.07, 6.45) is 1.56. The summed E-state index contributed by atoms with van der Waals surface area (Å²) in [5.41, 5.74) is 0.132. The molecule has 0 saturated heterocycles. The summed E-state index contributed by atoms with van der Waals surface area (Å²) in [4.78, 5) is 23.1. The van der Waals surface area contributed by atoms with Gasteiger partial charge in [-0.3, -0.25) is 4.68 Å². The maximum atomic E-state index is 11.7. The van der Waals surface area contributed by atoms with E-state index < -0.39 is 18.0 Å². The van der Waals surface area contributed by atoms with Gasteiger partial charge in [0.1, 0.15) is 0 Å². The van der Waals surface area contributed by atoms with Crippen LogP contribution in [0.4, 0.5) is 0 Å². The maximum Gasteiger partial charge on any atom is 0.359 e. The molecule has 0 aliphatic heterocycles. The molecule has 0 bridgehead atoms. The number of rotatable bonds is 4. The molecule has 0 N–H and O–H groups in total. The fourth-order valence-corrected chi connectivity index (χ4v) is 2.00. The second-order valence-corrected chi connectivity index (χ2v) is 4.86. The third-order valence-electron chi connectivity index (χ3n) is 2.43. The van der Waals surface area contributed by atoms with Crippen molar-refractivity contribution in [1.82, 2.24) is 9.78 Å². The summed E-state index contributed by atoms with van der Waals surface area (Å²) >= 11 is 3.21. The first kappa shape index (κ1) is 14.7. The summed E-state index contributed by atoms with van der Waals surface area (Å²) < 4.78 is 11.2. The predicted molar refractivity (Wildman–Crippen MR) is 67.2 cm³/mol. The van der Waals surface area contributed by atoms with E-state index in [1.165, 1.54) is 18.9 Å². The van der Waals surface area contributed by atoms with Crippen LogP contribution in [0.3, 0.4) is 0 Å². The Hall–Kier alpha value is -1.37. The van der Waals surface area contributed by atoms with Crippen LogP contribution in [0.2, 0.25) is 0 Å². The Morgan fingerprint density at radius 3 is 2.39 bits per heavy atom. The summed E-state index contributed by atoms with van der Waals surface area (Å²) in [5.74, 6) is -0.987. The number of ether oxygens (including phenoxy) is 2. The smallest absolute Gasteiger partial charge is 0.359 e. The number of aromatic nitrogens is 2. The molecule has 7 heteroatoms. The molecule has 0 aromatic carbocycles. The molecule has 100 valence electrons. The first-order valence-corrected chi connectivity index (χ1v) is 6.12. The molecule has 1 rings (SSSR count). The number of halogens is 1. The molecule has 1 aromatic rings. The third-order valence-corrected chi connectivity index (χ3v) is 3.01. The lowest BCUT2D eigenvalue weighted by Crippen LogP contribution is -2.26. The molecule has 0 spiro atoms. The van der Waals surface area contributed by atoms with Crippen molar-refractivity contribution in [2.75, 3.05) is 14.2 Å². The molecule has 1 unspecified atom stereocenters. The second-order valence-electron chi connectivity index (χ2n) is 4.01. The molecule has 0 aliphatic carbocycles. The van der Waals surface area contributed by atoms with Crippen LogP contribution < -0.4 is 0 Å². The number of methoxy groups -OCH3 is 2. The minimum Gasteiger partial charge on any atom is -0.467 e. The SMILES string of the molecule is COC(=O)c1nn(C(C(=O)OC)C(C)C)cc1Br. The average molecular weight is 319 g/mol. The van der Waals surface area contributed by atoms with Crippen molar-refractivity contribution in [3.63, 3.8) is 0 Å². The highest BCUT2D eigenvalue weighted by molar-refractivity contribution is 9.10. The fourth-order valence-electron chi connectivity index (χ4n) is 1.55. The molecule has 6 nitrogen and oxygen atoms in total. The summed E-state index contributed by atoms with van der Waals surface area (Å²) in [6.45, 7) is 3.74. The van der Waals surface area contributed by atoms with E-state index in [-0.39, 0.29) is 11.6 Å². The Balaban J connectivity index is 3.15. The number of carbonyl (C=O) groups excluding carboxylic acids is 2. The first-order valence-electron chi connectivity index (χ1n) is 5.33. The number of hydrogen-bond acceptors (Lipinski definition) is 5. The lowest BCUT2D eigenvalue weighted by atomic mass is 10.1. The molecule has 0 fully saturated rings. The number of nitrogens with zero attached hydrogens (tertiary/aromatic N) is 2. The molecule has 1 heterocycles. The number of carbonyl (C=O) groups is 2. The van der Waals surface area contributed by atoms with Crippen molar-refractivity contribution >= 4 is 27.9 Å². The molecular formula is C11H15BrN2O4. The van der Waals surface area contributed by atoms with E-state index >= 15 is 0 Å². The largest absolute Gasteiger partial charge is 0.467 e. The van der Waals surface area contributed by atoms with Crippen molar-refractivity contribution < 1.29 is 19.1 Å². The van der Waals surface area contributed by atoms with Gasteiger partial charge in [-0.2, -0.15) is 5.10 Å². The number of hydrogen-bond donors (Lipinski definition) is 0. The summed E-state index contributed by atoms with van der Waals surface area (Å²) in [6, 6.07) is -0.579. The van der Waals surface area contributed by atoms with Gasteiger partial charge in [0.2, 0.25) is 0 Å². The van der Waals surface area contributed by atoms with Crippen LogP contribution >= 0.6 is 15.9 Å². The van der Waals surface area contributed by atoms with Crippen molar-refractivity contribution in [2.45, 2.75) is 19.9 Å². The van der Waals surface area contributed by atoms with Gasteiger partial charge in [-0.25, -0.2) is 9.59 Å². The molecule has 1 aromatic heterocycles. The van der Waals surface area contributed by atoms with E-state index in [1.54, 1.807) is 6.20 Å². The van der Waals surface area contributed by atoms with Crippen LogP contribution in [-0.4, -0.2) is 35.9 Å². The second kappa shape index (κ2) is 5.99. The number of esters is 2. The lowest BCUT2D eigenvalue weighted by molar-refractivity contribution is -0.146. The highest BCUT2D eigenvalue weighted by atomic mass is 79.9. The molecular weight excluding hydrogens is 304 g/mol. The Kier molecular flexibility index (Phi) is 4.89. The zero-order chi connectivity index (χ0) is 13.9. The molecule has 0 aliphatic rings. The first-order chi connectivity index (χ1) is 8.42. The van der Waals surface area contributed by atoms with Crippen molar-refractivity contribution in [1.29, 1.82) is 0 Å². The average Bonchev–Trinajstić information content (AvgIpc) is 2.69. The Morgan fingerprint density at radius 1 is 1.33 bits per heavy atom. The highest BCUT2D eigenvalue weighted by Gasteiger charge is 2.28. The van der Waals surface area contributed by atoms with Crippen LogP contribution in [0.5, 0.6) is 0 Å². The third kappa shape index (κ3) is 2.90. The summed E-state index contributed by atoms with van der Waals surface area (Å²) in [5, 5.41) is 4.07. The standard InChI is InChI=1S/C11H15BrN2O4/c1-6(2)9(11(16)18-4)14-5-7(12)8(13-14)10(15)17-3/h5-6,9H,1-4H3. The summed E-state index contributed by atoms with van der Waals surface area (Å²) in [7, 11) is 2.59. The Morgan fingerprint density at radius 2 is 1.94 bits per heavy atom. The minimum atomic E-state index is -0.579. The van der Waals surface area contributed by atoms with Gasteiger partial charge >= 0.3 is 11.9 Å². The molecule has 0 saturated carbocycles. The lowest BCUT2D eigenvalue weighted by Gasteiger charge is -2.18. The maximum absolute atomic E-state index is 11.7. The van der Waals surface area contributed by atoms with Gasteiger partial charge in [-0.05, 0) is 21.8 Å². The topological polar surface area (TPSA) is 70.4 Å². The van der Waals surface area contributed by atoms with Gasteiger partial charge in [-0.1, -0.05) is 13.8 Å². The van der Waals surface area contributed by atoms with Gasteiger partial charge < -0.3 is 9.47 Å². The molecule has 18 heavy (non-hydrogen) atoms. The van der Waals surface area contributed by atoms with E-state index in [9.17, 15) is 9.59 Å². The van der Waals surface area contributed by atoms with Crippen molar-refractivity contribution in [3.8, 4) is 0 Å². The monoisotopic (exact) mass is 318 g/mol. The van der Waals surface area contributed by atoms with Crippen LogP contribution in [0, 0.1) is 5.92 Å². The van der Waals surface area contributed by atoms with Crippen LogP contribution in [0.25, 0.3) is 0 Å². The quantitative estimate of drug-likeness (QED) is 0.792. The minimum absolute atomic E-state index is 0.0188. The van der Waals surface area contributed by atoms with Crippen LogP contribution in [-0.2, 0) is 14.3 Å². The van der Waals surface area contributed by atoms with Crippen molar-refractivity contribution in [2.24, 2.45) is 5.92 Å². The van der Waals surface area contributed by atoms with Crippen LogP contribution in [0.15, 0.2) is 10.7 Å².